The molecule has 0 atom stereocenters. The number of hydrogen-bond donors (Lipinski definition) is 0. The van der Waals surface area contributed by atoms with Gasteiger partial charge in [0.25, 0.3) is 0 Å². The summed E-state index contributed by atoms with van der Waals surface area (Å²) in [4.78, 5) is 13.8. The van der Waals surface area contributed by atoms with Gasteiger partial charge in [-0.15, -0.1) is 0 Å². The molecule has 1 aromatic heterocycles. The van der Waals surface area contributed by atoms with Crippen molar-refractivity contribution in [2.45, 2.75) is 33.2 Å². The van der Waals surface area contributed by atoms with E-state index in [1.54, 1.807) is 11.5 Å². The predicted molar refractivity (Wildman–Crippen MR) is 48.6 cm³/mol. The van der Waals surface area contributed by atoms with Crippen molar-refractivity contribution in [3.05, 3.63) is 22.1 Å². The van der Waals surface area contributed by atoms with Crippen LogP contribution < -0.4 is 0 Å². The van der Waals surface area contributed by atoms with Crippen LogP contribution in [-0.4, -0.2) is 14.5 Å². The van der Waals surface area contributed by atoms with Crippen LogP contribution in [0.1, 0.15) is 26.6 Å². The van der Waals surface area contributed by atoms with Gasteiger partial charge in [-0.05, 0) is 30.7 Å². The Labute approximate surface area is 76.5 Å². The van der Waals surface area contributed by atoms with E-state index < -0.39 is 4.92 Å². The highest BCUT2D eigenvalue weighted by molar-refractivity contribution is 5.18. The molecule has 5 heteroatoms. The van der Waals surface area contributed by atoms with E-state index >= 15 is 0 Å². The highest BCUT2D eigenvalue weighted by Crippen LogP contribution is 2.20. The largest absolute Gasteiger partial charge is 0.381 e. The number of rotatable bonds is 1. The Morgan fingerprint density at radius 3 is 2.31 bits per heavy atom. The predicted octanol–water partition coefficient (Wildman–Crippen LogP) is 1.85. The zero-order chi connectivity index (χ0) is 10.2. The number of aromatic nitrogens is 2. The van der Waals surface area contributed by atoms with Crippen LogP contribution in [0.5, 0.6) is 0 Å². The van der Waals surface area contributed by atoms with E-state index in [2.05, 4.69) is 4.98 Å². The molecule has 0 bridgehead atoms. The molecule has 0 aliphatic rings. The molecule has 0 aliphatic heterocycles. The van der Waals surface area contributed by atoms with Crippen LogP contribution in [0.3, 0.4) is 0 Å². The van der Waals surface area contributed by atoms with Crippen LogP contribution in [0.15, 0.2) is 6.20 Å². The number of imidazole rings is 1. The summed E-state index contributed by atoms with van der Waals surface area (Å²) in [5, 5.41) is 10.4. The van der Waals surface area contributed by atoms with Crippen molar-refractivity contribution >= 4 is 5.82 Å². The second kappa shape index (κ2) is 2.83. The maximum atomic E-state index is 10.4. The van der Waals surface area contributed by atoms with Crippen LogP contribution in [-0.2, 0) is 5.54 Å². The molecule has 1 heterocycles. The SMILES string of the molecule is Cc1nc([N+](=O)[O-])cn1C(C)(C)C. The second-order valence-electron chi connectivity index (χ2n) is 3.94. The van der Waals surface area contributed by atoms with Crippen molar-refractivity contribution in [3.8, 4) is 0 Å². The molecule has 0 amide bonds. The second-order valence-corrected chi connectivity index (χ2v) is 3.94. The third kappa shape index (κ3) is 1.85. The van der Waals surface area contributed by atoms with Gasteiger partial charge in [-0.2, -0.15) is 0 Å². The van der Waals surface area contributed by atoms with Crippen molar-refractivity contribution in [2.75, 3.05) is 0 Å². The highest BCUT2D eigenvalue weighted by atomic mass is 16.6. The van der Waals surface area contributed by atoms with Gasteiger partial charge >= 0.3 is 5.82 Å². The fourth-order valence-electron chi connectivity index (χ4n) is 1.22. The Kier molecular flexibility index (Phi) is 2.11. The molecular formula is C8H13N3O2. The van der Waals surface area contributed by atoms with Gasteiger partial charge in [0.1, 0.15) is 6.20 Å². The number of hydrogen-bond acceptors (Lipinski definition) is 3. The lowest BCUT2D eigenvalue weighted by molar-refractivity contribution is -0.389. The lowest BCUT2D eigenvalue weighted by atomic mass is 10.1. The van der Waals surface area contributed by atoms with E-state index in [0.29, 0.717) is 5.82 Å². The Balaban J connectivity index is 3.18. The molecule has 5 nitrogen and oxygen atoms in total. The van der Waals surface area contributed by atoms with E-state index in [4.69, 9.17) is 0 Å². The average molecular weight is 183 g/mol. The third-order valence-corrected chi connectivity index (χ3v) is 1.78. The zero-order valence-corrected chi connectivity index (χ0v) is 8.24. The molecule has 0 aliphatic carbocycles. The Bertz CT molecular complexity index is 336. The fourth-order valence-corrected chi connectivity index (χ4v) is 1.22. The van der Waals surface area contributed by atoms with Crippen LogP contribution in [0.4, 0.5) is 5.82 Å². The molecular weight excluding hydrogens is 170 g/mol. The van der Waals surface area contributed by atoms with Crippen molar-refractivity contribution in [1.82, 2.24) is 9.55 Å². The standard InChI is InChI=1S/C8H13N3O2/c1-6-9-7(11(12)13)5-10(6)8(2,3)4/h5H,1-4H3. The first-order valence-electron chi connectivity index (χ1n) is 4.03. The van der Waals surface area contributed by atoms with Crippen LogP contribution in [0, 0.1) is 17.0 Å². The summed E-state index contributed by atoms with van der Waals surface area (Å²) in [6.45, 7) is 7.69. The molecule has 0 radical (unpaired) electrons. The Hall–Kier alpha value is -1.39. The molecule has 72 valence electrons. The molecule has 13 heavy (non-hydrogen) atoms. The van der Waals surface area contributed by atoms with E-state index in [9.17, 15) is 10.1 Å². The molecule has 1 rings (SSSR count). The Morgan fingerprint density at radius 1 is 1.54 bits per heavy atom. The molecule has 1 aromatic rings. The normalized spacial score (nSPS) is 11.7. The van der Waals surface area contributed by atoms with Gasteiger partial charge in [0, 0.05) is 12.5 Å². The highest BCUT2D eigenvalue weighted by Gasteiger charge is 2.22. The molecule has 0 saturated heterocycles. The van der Waals surface area contributed by atoms with Crippen molar-refractivity contribution in [1.29, 1.82) is 0 Å². The average Bonchev–Trinajstić information content (AvgIpc) is 2.29. The fraction of sp³-hybridized carbons (Fsp3) is 0.625. The summed E-state index contributed by atoms with van der Waals surface area (Å²) in [6.07, 6.45) is 1.47. The van der Waals surface area contributed by atoms with E-state index in [1.807, 2.05) is 20.8 Å². The first kappa shape index (κ1) is 9.70. The number of aryl methyl sites for hydroxylation is 1. The minimum absolute atomic E-state index is 0.0903. The molecule has 0 spiro atoms. The van der Waals surface area contributed by atoms with Crippen molar-refractivity contribution < 1.29 is 4.92 Å². The molecule has 0 unspecified atom stereocenters. The first-order valence-corrected chi connectivity index (χ1v) is 4.03. The lowest BCUT2D eigenvalue weighted by Crippen LogP contribution is -2.22. The summed E-state index contributed by atoms with van der Waals surface area (Å²) in [5.74, 6) is 0.576. The summed E-state index contributed by atoms with van der Waals surface area (Å²) in [5.41, 5.74) is -0.161. The van der Waals surface area contributed by atoms with E-state index in [0.717, 1.165) is 0 Å². The number of nitro groups is 1. The van der Waals surface area contributed by atoms with Crippen LogP contribution in [0.2, 0.25) is 0 Å². The van der Waals surface area contributed by atoms with Gasteiger partial charge in [-0.3, -0.25) is 0 Å². The maximum Gasteiger partial charge on any atom is 0.381 e. The van der Waals surface area contributed by atoms with Crippen LogP contribution >= 0.6 is 0 Å². The summed E-state index contributed by atoms with van der Waals surface area (Å²) >= 11 is 0. The van der Waals surface area contributed by atoms with Crippen molar-refractivity contribution in [2.24, 2.45) is 0 Å². The monoisotopic (exact) mass is 183 g/mol. The van der Waals surface area contributed by atoms with Gasteiger partial charge in [-0.25, -0.2) is 0 Å². The van der Waals surface area contributed by atoms with E-state index in [1.165, 1.54) is 6.20 Å². The minimum Gasteiger partial charge on any atom is -0.358 e. The minimum atomic E-state index is -0.477. The molecule has 0 aromatic carbocycles. The van der Waals surface area contributed by atoms with Gasteiger partial charge < -0.3 is 14.7 Å². The Morgan fingerprint density at radius 2 is 2.08 bits per heavy atom. The summed E-state index contributed by atoms with van der Waals surface area (Å²) < 4.78 is 1.80. The third-order valence-electron chi connectivity index (χ3n) is 1.78. The quantitative estimate of drug-likeness (QED) is 0.493. The van der Waals surface area contributed by atoms with Gasteiger partial charge in [0.15, 0.2) is 0 Å². The van der Waals surface area contributed by atoms with Gasteiger partial charge in [0.05, 0.1) is 0 Å². The molecule has 0 saturated carbocycles. The topological polar surface area (TPSA) is 61.0 Å². The molecule has 0 N–H and O–H groups in total. The smallest absolute Gasteiger partial charge is 0.358 e. The maximum absolute atomic E-state index is 10.4. The number of nitrogens with zero attached hydrogens (tertiary/aromatic N) is 3. The first-order chi connectivity index (χ1) is 5.82. The van der Waals surface area contributed by atoms with Crippen LogP contribution in [0.25, 0.3) is 0 Å². The van der Waals surface area contributed by atoms with Crippen molar-refractivity contribution in [3.63, 3.8) is 0 Å². The zero-order valence-electron chi connectivity index (χ0n) is 8.24. The van der Waals surface area contributed by atoms with Gasteiger partial charge in [-0.1, -0.05) is 0 Å². The summed E-state index contributed by atoms with van der Waals surface area (Å²) in [7, 11) is 0. The molecule has 0 fully saturated rings. The van der Waals surface area contributed by atoms with Gasteiger partial charge in [0.2, 0.25) is 5.82 Å². The van der Waals surface area contributed by atoms with E-state index in [-0.39, 0.29) is 11.4 Å². The lowest BCUT2D eigenvalue weighted by Gasteiger charge is -2.19. The summed E-state index contributed by atoms with van der Waals surface area (Å²) in [6, 6.07) is 0.